The Kier molecular flexibility index (Phi) is 5.85. The predicted molar refractivity (Wildman–Crippen MR) is 78.2 cm³/mol. The summed E-state index contributed by atoms with van der Waals surface area (Å²) >= 11 is 0. The van der Waals surface area contributed by atoms with Crippen molar-refractivity contribution < 1.29 is 19.4 Å². The van der Waals surface area contributed by atoms with Crippen LogP contribution in [0.15, 0.2) is 0 Å². The highest BCUT2D eigenvalue weighted by atomic mass is 16.5. The van der Waals surface area contributed by atoms with Gasteiger partial charge in [0.15, 0.2) is 0 Å². The molecule has 2 fully saturated rings. The van der Waals surface area contributed by atoms with E-state index < -0.39 is 5.97 Å². The normalized spacial score (nSPS) is 22.1. The second-order valence-electron chi connectivity index (χ2n) is 6.08. The first-order valence-electron chi connectivity index (χ1n) is 7.97. The SMILES string of the molecule is CCCOC1CCCN(C(=O)N(CC(=O)O)CC2CC2)C1. The quantitative estimate of drug-likeness (QED) is 0.778. The highest BCUT2D eigenvalue weighted by molar-refractivity contribution is 5.80. The van der Waals surface area contributed by atoms with Crippen molar-refractivity contribution in [3.05, 3.63) is 0 Å². The summed E-state index contributed by atoms with van der Waals surface area (Å²) in [6.45, 7) is 4.43. The van der Waals surface area contributed by atoms with Crippen LogP contribution in [-0.2, 0) is 9.53 Å². The van der Waals surface area contributed by atoms with Crippen molar-refractivity contribution >= 4 is 12.0 Å². The molecule has 0 spiro atoms. The molecule has 2 rings (SSSR count). The van der Waals surface area contributed by atoms with Crippen molar-refractivity contribution in [2.45, 2.75) is 45.1 Å². The molecule has 0 radical (unpaired) electrons. The Bertz CT molecular complexity index is 371. The third-order valence-corrected chi connectivity index (χ3v) is 3.98. The molecule has 2 aliphatic rings. The van der Waals surface area contributed by atoms with Gasteiger partial charge in [-0.3, -0.25) is 4.79 Å². The van der Waals surface area contributed by atoms with Gasteiger partial charge in [-0.1, -0.05) is 6.92 Å². The maximum atomic E-state index is 12.5. The van der Waals surface area contributed by atoms with Gasteiger partial charge in [-0.25, -0.2) is 4.79 Å². The van der Waals surface area contributed by atoms with E-state index in [1.807, 2.05) is 0 Å². The van der Waals surface area contributed by atoms with Gasteiger partial charge in [0, 0.05) is 26.2 Å². The van der Waals surface area contributed by atoms with Crippen LogP contribution in [0.5, 0.6) is 0 Å². The van der Waals surface area contributed by atoms with Gasteiger partial charge in [-0.2, -0.15) is 0 Å². The molecule has 120 valence electrons. The number of carboxylic acid groups (broad SMARTS) is 1. The zero-order valence-electron chi connectivity index (χ0n) is 12.8. The van der Waals surface area contributed by atoms with Crippen LogP contribution in [0.2, 0.25) is 0 Å². The van der Waals surface area contributed by atoms with Gasteiger partial charge in [0.1, 0.15) is 6.54 Å². The van der Waals surface area contributed by atoms with E-state index >= 15 is 0 Å². The summed E-state index contributed by atoms with van der Waals surface area (Å²) < 4.78 is 5.74. The number of piperidine rings is 1. The van der Waals surface area contributed by atoms with E-state index in [-0.39, 0.29) is 18.7 Å². The van der Waals surface area contributed by atoms with Crippen molar-refractivity contribution in [1.82, 2.24) is 9.80 Å². The number of urea groups is 1. The van der Waals surface area contributed by atoms with Crippen molar-refractivity contribution in [2.24, 2.45) is 5.92 Å². The monoisotopic (exact) mass is 298 g/mol. The molecule has 0 aromatic rings. The fraction of sp³-hybridized carbons (Fsp3) is 0.867. The number of nitrogens with zero attached hydrogens (tertiary/aromatic N) is 2. The molecule has 1 unspecified atom stereocenters. The number of carboxylic acids is 1. The Balaban J connectivity index is 1.89. The Morgan fingerprint density at radius 2 is 2.10 bits per heavy atom. The number of carbonyl (C=O) groups excluding carboxylic acids is 1. The van der Waals surface area contributed by atoms with Crippen LogP contribution >= 0.6 is 0 Å². The number of hydrogen-bond donors (Lipinski definition) is 1. The average Bonchev–Trinajstić information content (AvgIpc) is 3.27. The molecule has 1 aliphatic heterocycles. The summed E-state index contributed by atoms with van der Waals surface area (Å²) in [7, 11) is 0. The first kappa shape index (κ1) is 16.1. The molecule has 21 heavy (non-hydrogen) atoms. The molecule has 1 N–H and O–H groups in total. The van der Waals surface area contributed by atoms with Crippen LogP contribution in [0.25, 0.3) is 0 Å². The highest BCUT2D eigenvalue weighted by Gasteiger charge is 2.32. The lowest BCUT2D eigenvalue weighted by Gasteiger charge is -2.36. The predicted octanol–water partition coefficient (Wildman–Crippen LogP) is 1.79. The van der Waals surface area contributed by atoms with E-state index in [1.165, 1.54) is 4.90 Å². The molecule has 0 aromatic heterocycles. The molecule has 1 saturated heterocycles. The van der Waals surface area contributed by atoms with Gasteiger partial charge in [0.25, 0.3) is 0 Å². The number of aliphatic carboxylic acids is 1. The van der Waals surface area contributed by atoms with E-state index in [0.29, 0.717) is 32.2 Å². The van der Waals surface area contributed by atoms with E-state index in [0.717, 1.165) is 32.1 Å². The number of carbonyl (C=O) groups is 2. The Morgan fingerprint density at radius 1 is 1.33 bits per heavy atom. The number of likely N-dealkylation sites (tertiary alicyclic amines) is 1. The zero-order valence-corrected chi connectivity index (χ0v) is 12.8. The minimum Gasteiger partial charge on any atom is -0.480 e. The third kappa shape index (κ3) is 5.19. The smallest absolute Gasteiger partial charge is 0.323 e. The third-order valence-electron chi connectivity index (χ3n) is 3.98. The van der Waals surface area contributed by atoms with Crippen LogP contribution in [0, 0.1) is 5.92 Å². The van der Waals surface area contributed by atoms with Crippen LogP contribution < -0.4 is 0 Å². The summed E-state index contributed by atoms with van der Waals surface area (Å²) in [5.41, 5.74) is 0. The molecule has 1 heterocycles. The van der Waals surface area contributed by atoms with E-state index in [9.17, 15) is 9.59 Å². The van der Waals surface area contributed by atoms with Crippen LogP contribution in [0.1, 0.15) is 39.0 Å². The molecule has 0 aromatic carbocycles. The summed E-state index contributed by atoms with van der Waals surface area (Å²) in [5, 5.41) is 9.00. The Labute approximate surface area is 126 Å². The largest absolute Gasteiger partial charge is 0.480 e. The standard InChI is InChI=1S/C15H26N2O4/c1-2-8-21-13-4-3-7-16(10-13)15(20)17(11-14(18)19)9-12-5-6-12/h12-13H,2-11H2,1H3,(H,18,19). The summed E-state index contributed by atoms with van der Waals surface area (Å²) in [6, 6.07) is -0.144. The molecular weight excluding hydrogens is 272 g/mol. The van der Waals surface area contributed by atoms with Crippen LogP contribution in [0.4, 0.5) is 4.79 Å². The van der Waals surface area contributed by atoms with Gasteiger partial charge in [0.2, 0.25) is 0 Å². The van der Waals surface area contributed by atoms with Gasteiger partial charge >= 0.3 is 12.0 Å². The molecule has 1 saturated carbocycles. The average molecular weight is 298 g/mol. The Morgan fingerprint density at radius 3 is 2.71 bits per heavy atom. The number of amides is 2. The van der Waals surface area contributed by atoms with Crippen molar-refractivity contribution in [3.63, 3.8) is 0 Å². The maximum Gasteiger partial charge on any atom is 0.323 e. The van der Waals surface area contributed by atoms with E-state index in [4.69, 9.17) is 9.84 Å². The molecule has 0 bridgehead atoms. The minimum atomic E-state index is -0.945. The molecule has 1 atom stereocenters. The summed E-state index contributed by atoms with van der Waals surface area (Å²) in [4.78, 5) is 26.8. The fourth-order valence-corrected chi connectivity index (χ4v) is 2.72. The number of ether oxygens (including phenoxy) is 1. The fourth-order valence-electron chi connectivity index (χ4n) is 2.72. The van der Waals surface area contributed by atoms with Gasteiger partial charge in [0.05, 0.1) is 6.10 Å². The topological polar surface area (TPSA) is 70.1 Å². The Hall–Kier alpha value is -1.30. The first-order valence-corrected chi connectivity index (χ1v) is 7.97. The summed E-state index contributed by atoms with van der Waals surface area (Å²) in [6.07, 6.45) is 5.17. The van der Waals surface area contributed by atoms with Crippen LogP contribution in [-0.4, -0.2) is 65.8 Å². The van der Waals surface area contributed by atoms with E-state index in [1.54, 1.807) is 4.90 Å². The molecule has 6 nitrogen and oxygen atoms in total. The molecule has 2 amide bonds. The summed E-state index contributed by atoms with van der Waals surface area (Å²) in [5.74, 6) is -0.454. The second kappa shape index (κ2) is 7.64. The van der Waals surface area contributed by atoms with Crippen LogP contribution in [0.3, 0.4) is 0 Å². The lowest BCUT2D eigenvalue weighted by molar-refractivity contribution is -0.137. The maximum absolute atomic E-state index is 12.5. The van der Waals surface area contributed by atoms with E-state index in [2.05, 4.69) is 6.92 Å². The number of hydrogen-bond acceptors (Lipinski definition) is 3. The van der Waals surface area contributed by atoms with Gasteiger partial charge in [-0.15, -0.1) is 0 Å². The molecule has 6 heteroatoms. The number of rotatable bonds is 7. The molecule has 1 aliphatic carbocycles. The minimum absolute atomic E-state index is 0.0928. The van der Waals surface area contributed by atoms with Crippen molar-refractivity contribution in [3.8, 4) is 0 Å². The first-order chi connectivity index (χ1) is 10.1. The lowest BCUT2D eigenvalue weighted by Crippen LogP contribution is -2.51. The zero-order chi connectivity index (χ0) is 15.2. The van der Waals surface area contributed by atoms with Gasteiger partial charge < -0.3 is 19.6 Å². The lowest BCUT2D eigenvalue weighted by atomic mass is 10.1. The van der Waals surface area contributed by atoms with Crippen molar-refractivity contribution in [1.29, 1.82) is 0 Å². The second-order valence-corrected chi connectivity index (χ2v) is 6.08. The van der Waals surface area contributed by atoms with Gasteiger partial charge in [-0.05, 0) is 38.0 Å². The molecular formula is C15H26N2O4. The van der Waals surface area contributed by atoms with Crippen molar-refractivity contribution in [2.75, 3.05) is 32.8 Å². The highest BCUT2D eigenvalue weighted by Crippen LogP contribution is 2.30.